The lowest BCUT2D eigenvalue weighted by Gasteiger charge is -2.36. The lowest BCUT2D eigenvalue weighted by Crippen LogP contribution is -2.41. The van der Waals surface area contributed by atoms with E-state index < -0.39 is 0 Å². The number of para-hydroxylation sites is 1. The van der Waals surface area contributed by atoms with Crippen LogP contribution in [0, 0.1) is 0 Å². The van der Waals surface area contributed by atoms with E-state index in [-0.39, 0.29) is 17.7 Å². The van der Waals surface area contributed by atoms with Crippen LogP contribution >= 0.6 is 0 Å². The maximum Gasteiger partial charge on any atom is 0.279 e. The third-order valence-corrected chi connectivity index (χ3v) is 8.20. The molecule has 0 radical (unpaired) electrons. The minimum Gasteiger partial charge on any atom is -0.392 e. The van der Waals surface area contributed by atoms with Crippen molar-refractivity contribution < 1.29 is 5.11 Å². The van der Waals surface area contributed by atoms with Gasteiger partial charge in [0.15, 0.2) is 0 Å². The van der Waals surface area contributed by atoms with Gasteiger partial charge in [0.2, 0.25) is 0 Å². The van der Waals surface area contributed by atoms with Gasteiger partial charge in [0.05, 0.1) is 17.8 Å². The van der Waals surface area contributed by atoms with Crippen LogP contribution in [-0.4, -0.2) is 48.7 Å². The molecule has 6 aromatic rings. The van der Waals surface area contributed by atoms with Gasteiger partial charge in [-0.05, 0) is 48.5 Å². The van der Waals surface area contributed by atoms with Gasteiger partial charge in [-0.25, -0.2) is 4.98 Å². The van der Waals surface area contributed by atoms with Gasteiger partial charge < -0.3 is 24.3 Å². The number of aliphatic hydroxyl groups is 1. The first-order chi connectivity index (χ1) is 20.4. The molecule has 2 N–H and O–H groups in total. The number of nitrogens with zero attached hydrogens (tertiary/aromatic N) is 5. The Labute approximate surface area is 241 Å². The average molecular weight is 559 g/mol. The number of likely N-dealkylation sites (N-methyl/N-ethyl adjacent to an activating group) is 1. The van der Waals surface area contributed by atoms with E-state index in [0.29, 0.717) is 34.2 Å². The van der Waals surface area contributed by atoms with Crippen LogP contribution in [0.1, 0.15) is 17.0 Å². The van der Waals surface area contributed by atoms with E-state index >= 15 is 0 Å². The van der Waals surface area contributed by atoms with Gasteiger partial charge >= 0.3 is 0 Å². The third-order valence-electron chi connectivity index (χ3n) is 8.20. The zero-order valence-corrected chi connectivity index (χ0v) is 23.4. The van der Waals surface area contributed by atoms with Crippen molar-refractivity contribution >= 4 is 27.9 Å². The Morgan fingerprint density at radius 2 is 1.76 bits per heavy atom. The molecule has 0 aliphatic carbocycles. The number of aliphatic hydroxyl groups excluding tert-OH is 1. The van der Waals surface area contributed by atoms with Crippen LogP contribution < -0.4 is 16.4 Å². The Balaban J connectivity index is 1.28. The highest BCUT2D eigenvalue weighted by molar-refractivity contribution is 5.87. The number of fused-ring (bicyclic) bond motifs is 3. The molecule has 4 aromatic heterocycles. The van der Waals surface area contributed by atoms with Gasteiger partial charge in [-0.15, -0.1) is 0 Å². The van der Waals surface area contributed by atoms with E-state index in [1.54, 1.807) is 30.1 Å². The number of rotatable bonds is 6. The summed E-state index contributed by atoms with van der Waals surface area (Å²) < 4.78 is 4.96. The van der Waals surface area contributed by atoms with Crippen LogP contribution in [0.25, 0.3) is 33.2 Å². The molecule has 0 amide bonds. The number of benzene rings is 2. The van der Waals surface area contributed by atoms with Gasteiger partial charge in [0.1, 0.15) is 17.0 Å². The normalized spacial score (nSPS) is 14.0. The van der Waals surface area contributed by atoms with E-state index in [1.807, 2.05) is 71.4 Å². The van der Waals surface area contributed by atoms with Crippen LogP contribution in [0.15, 0.2) is 101 Å². The topological polar surface area (TPSA) is 96.8 Å². The summed E-state index contributed by atoms with van der Waals surface area (Å²) in [4.78, 5) is 33.6. The second-order valence-electron chi connectivity index (χ2n) is 11.0. The van der Waals surface area contributed by atoms with Crippen LogP contribution in [-0.2, 0) is 13.7 Å². The summed E-state index contributed by atoms with van der Waals surface area (Å²) in [6, 6.07) is 21.0. The zero-order chi connectivity index (χ0) is 29.0. The number of hydrogen-bond donors (Lipinski definition) is 2. The van der Waals surface area contributed by atoms with Crippen molar-refractivity contribution in [2.24, 2.45) is 7.05 Å². The maximum absolute atomic E-state index is 13.7. The molecule has 0 atom stereocenters. The van der Waals surface area contributed by atoms with Crippen molar-refractivity contribution in [3.05, 3.63) is 123 Å². The van der Waals surface area contributed by atoms with Crippen molar-refractivity contribution in [3.63, 3.8) is 0 Å². The van der Waals surface area contributed by atoms with Crippen LogP contribution in [0.3, 0.4) is 0 Å². The molecule has 5 heterocycles. The first-order valence-corrected chi connectivity index (χ1v) is 13.9. The predicted molar refractivity (Wildman–Crippen MR) is 165 cm³/mol. The number of likely N-dealkylation sites (tertiary alicyclic amines) is 1. The quantitative estimate of drug-likeness (QED) is 0.317. The summed E-state index contributed by atoms with van der Waals surface area (Å²) >= 11 is 0. The van der Waals surface area contributed by atoms with E-state index in [0.717, 1.165) is 35.1 Å². The summed E-state index contributed by atoms with van der Waals surface area (Å²) in [5.74, 6) is 1.07. The standard InChI is InChI=1S/C33H30N6O3/c1-36-17-24(18-36)22-10-11-31(34-16-22)35-27-14-23(19-37(2)32(27)41)25-7-5-9-29(26(25)20-40)39-13-12-38-28-8-4-3-6-21(28)15-30(38)33(39)42/h3-16,19,24,40H,17-18,20H2,1-2H3,(H,34,35). The largest absolute Gasteiger partial charge is 0.392 e. The number of aromatic nitrogens is 4. The minimum absolute atomic E-state index is 0.188. The smallest absolute Gasteiger partial charge is 0.279 e. The molecule has 1 fully saturated rings. The molecule has 9 nitrogen and oxygen atoms in total. The number of hydrogen-bond acceptors (Lipinski definition) is 6. The van der Waals surface area contributed by atoms with Crippen molar-refractivity contribution in [1.82, 2.24) is 23.4 Å². The van der Waals surface area contributed by atoms with Gasteiger partial charge in [-0.1, -0.05) is 36.4 Å². The van der Waals surface area contributed by atoms with E-state index in [4.69, 9.17) is 0 Å². The summed E-state index contributed by atoms with van der Waals surface area (Å²) in [7, 11) is 3.79. The predicted octanol–water partition coefficient (Wildman–Crippen LogP) is 4.27. The molecule has 9 heteroatoms. The molecular formula is C33H30N6O3. The molecule has 0 unspecified atom stereocenters. The summed E-state index contributed by atoms with van der Waals surface area (Å²) in [6.07, 6.45) is 7.19. The molecule has 2 aromatic carbocycles. The summed E-state index contributed by atoms with van der Waals surface area (Å²) in [5.41, 5.74) is 5.27. The van der Waals surface area contributed by atoms with Gasteiger partial charge in [-0.2, -0.15) is 0 Å². The molecule has 0 bridgehead atoms. The Morgan fingerprint density at radius 3 is 2.52 bits per heavy atom. The lowest BCUT2D eigenvalue weighted by molar-refractivity contribution is 0.189. The second kappa shape index (κ2) is 10.1. The molecular weight excluding hydrogens is 528 g/mol. The van der Waals surface area contributed by atoms with Crippen molar-refractivity contribution in [2.75, 3.05) is 25.5 Å². The lowest BCUT2D eigenvalue weighted by atomic mass is 9.93. The molecule has 1 aliphatic heterocycles. The monoisotopic (exact) mass is 558 g/mol. The first kappa shape index (κ1) is 25.9. The van der Waals surface area contributed by atoms with Gasteiger partial charge in [-0.3, -0.25) is 14.2 Å². The fraction of sp³-hybridized carbons (Fsp3) is 0.182. The fourth-order valence-corrected chi connectivity index (χ4v) is 5.97. The molecule has 1 saturated heterocycles. The Bertz CT molecular complexity index is 2080. The van der Waals surface area contributed by atoms with Crippen molar-refractivity contribution in [2.45, 2.75) is 12.5 Å². The number of anilines is 2. The fourth-order valence-electron chi connectivity index (χ4n) is 5.97. The maximum atomic E-state index is 13.7. The van der Waals surface area contributed by atoms with E-state index in [1.165, 1.54) is 10.1 Å². The highest BCUT2D eigenvalue weighted by Crippen LogP contribution is 2.30. The highest BCUT2D eigenvalue weighted by atomic mass is 16.3. The molecule has 1 aliphatic rings. The van der Waals surface area contributed by atoms with Gasteiger partial charge in [0.25, 0.3) is 11.1 Å². The number of aryl methyl sites for hydroxylation is 1. The highest BCUT2D eigenvalue weighted by Gasteiger charge is 2.25. The van der Waals surface area contributed by atoms with Crippen LogP contribution in [0.4, 0.5) is 11.5 Å². The molecule has 0 saturated carbocycles. The third kappa shape index (κ3) is 4.30. The molecule has 42 heavy (non-hydrogen) atoms. The molecule has 210 valence electrons. The number of pyridine rings is 2. The van der Waals surface area contributed by atoms with E-state index in [2.05, 4.69) is 28.3 Å². The summed E-state index contributed by atoms with van der Waals surface area (Å²) in [5, 5.41) is 14.7. The minimum atomic E-state index is -0.295. The first-order valence-electron chi connectivity index (χ1n) is 13.9. The van der Waals surface area contributed by atoms with Gasteiger partial charge in [0, 0.05) is 67.4 Å². The van der Waals surface area contributed by atoms with Crippen LogP contribution in [0.2, 0.25) is 0 Å². The Kier molecular flexibility index (Phi) is 6.26. The zero-order valence-electron chi connectivity index (χ0n) is 23.4. The van der Waals surface area contributed by atoms with E-state index in [9.17, 15) is 14.7 Å². The SMILES string of the molecule is CN1CC(c2ccc(Nc3cc(-c4cccc(-n5ccn6c(cc7ccccc76)c5=O)c4CO)cn(C)c3=O)nc2)C1. The van der Waals surface area contributed by atoms with Crippen molar-refractivity contribution in [1.29, 1.82) is 0 Å². The van der Waals surface area contributed by atoms with Crippen LogP contribution in [0.5, 0.6) is 0 Å². The Morgan fingerprint density at radius 1 is 0.929 bits per heavy atom. The average Bonchev–Trinajstić information content (AvgIpc) is 3.38. The molecule has 7 rings (SSSR count). The Hall–Kier alpha value is -4.99. The second-order valence-corrected chi connectivity index (χ2v) is 11.0. The summed E-state index contributed by atoms with van der Waals surface area (Å²) in [6.45, 7) is 1.74. The van der Waals surface area contributed by atoms with Crippen molar-refractivity contribution in [3.8, 4) is 16.8 Å². The number of nitrogens with one attached hydrogen (secondary N) is 1. The molecule has 0 spiro atoms.